The van der Waals surface area contributed by atoms with Crippen molar-refractivity contribution in [3.63, 3.8) is 0 Å². The van der Waals surface area contributed by atoms with Gasteiger partial charge in [-0.25, -0.2) is 0 Å². The van der Waals surface area contributed by atoms with Crippen LogP contribution in [0.2, 0.25) is 0 Å². The fraction of sp³-hybridized carbons (Fsp3) is 0.545. The zero-order valence-corrected chi connectivity index (χ0v) is 8.64. The van der Waals surface area contributed by atoms with Gasteiger partial charge in [-0.3, -0.25) is 0 Å². The number of halogens is 3. The average molecular weight is 218 g/mol. The van der Waals surface area contributed by atoms with Crippen LogP contribution in [0.4, 0.5) is 13.2 Å². The summed E-state index contributed by atoms with van der Waals surface area (Å²) in [6.07, 6.45) is 0.0172. The van der Waals surface area contributed by atoms with E-state index in [1.54, 1.807) is 6.08 Å². The highest BCUT2D eigenvalue weighted by atomic mass is 19.4. The molecule has 0 fully saturated rings. The van der Waals surface area contributed by atoms with Gasteiger partial charge in [-0.05, 0) is 18.8 Å². The monoisotopic (exact) mass is 218 g/mol. The van der Waals surface area contributed by atoms with Gasteiger partial charge in [0.25, 0.3) is 0 Å². The summed E-state index contributed by atoms with van der Waals surface area (Å²) in [5.74, 6) is -1.05. The number of allylic oxidation sites excluding steroid dienone is 4. The fourth-order valence-electron chi connectivity index (χ4n) is 1.78. The van der Waals surface area contributed by atoms with Gasteiger partial charge in [-0.15, -0.1) is 0 Å². The minimum absolute atomic E-state index is 0.0834. The third-order valence-corrected chi connectivity index (χ3v) is 2.62. The molecule has 1 aliphatic carbocycles. The minimum Gasteiger partial charge on any atom is -0.300 e. The summed E-state index contributed by atoms with van der Waals surface area (Å²) >= 11 is 0. The molecule has 1 aliphatic rings. The van der Waals surface area contributed by atoms with E-state index in [9.17, 15) is 18.0 Å². The number of hydrogen-bond acceptors (Lipinski definition) is 1. The Balaban J connectivity index is 2.83. The lowest BCUT2D eigenvalue weighted by molar-refractivity contribution is -0.119. The van der Waals surface area contributed by atoms with Crippen molar-refractivity contribution in [2.75, 3.05) is 0 Å². The Morgan fingerprint density at radius 1 is 1.47 bits per heavy atom. The maximum Gasteiger partial charge on any atom is 0.412 e. The summed E-state index contributed by atoms with van der Waals surface area (Å²) in [4.78, 5) is 10.9. The average Bonchev–Trinajstić information content (AvgIpc) is 2.05. The normalized spacial score (nSPS) is 26.3. The number of alkyl halides is 3. The van der Waals surface area contributed by atoms with E-state index in [0.29, 0.717) is 0 Å². The van der Waals surface area contributed by atoms with E-state index in [-0.39, 0.29) is 18.1 Å². The molecule has 1 rings (SSSR count). The van der Waals surface area contributed by atoms with E-state index in [0.717, 1.165) is 6.08 Å². The molecule has 0 saturated heterocycles. The van der Waals surface area contributed by atoms with Crippen molar-refractivity contribution in [2.24, 2.45) is 11.8 Å². The van der Waals surface area contributed by atoms with Crippen molar-refractivity contribution in [1.82, 2.24) is 0 Å². The molecule has 0 aromatic rings. The van der Waals surface area contributed by atoms with Gasteiger partial charge in [-0.2, -0.15) is 13.2 Å². The maximum atomic E-state index is 12.5. The summed E-state index contributed by atoms with van der Waals surface area (Å²) in [6.45, 7) is 2.91. The number of carbonyl (C=O) groups excluding carboxylic acids is 1. The number of hydrogen-bond donors (Lipinski definition) is 0. The molecule has 84 valence electrons. The lowest BCUT2D eigenvalue weighted by atomic mass is 9.80. The van der Waals surface area contributed by atoms with Crippen LogP contribution in [0.15, 0.2) is 23.8 Å². The Kier molecular flexibility index (Phi) is 3.37. The molecule has 2 unspecified atom stereocenters. The standard InChI is InChI=1S/C11H13F3O/c1-7(15)6-9-4-3-5-10(8(9)2)11(12,13)14/h3-5,8-9H,6H2,1-2H3. The SMILES string of the molecule is CC(=O)CC1C=CC=C(C(F)(F)F)C1C. The van der Waals surface area contributed by atoms with E-state index in [1.807, 2.05) is 0 Å². The van der Waals surface area contributed by atoms with E-state index in [2.05, 4.69) is 0 Å². The number of rotatable bonds is 2. The molecule has 4 heteroatoms. The molecule has 0 spiro atoms. The topological polar surface area (TPSA) is 17.1 Å². The van der Waals surface area contributed by atoms with Crippen molar-refractivity contribution in [2.45, 2.75) is 26.4 Å². The molecule has 0 N–H and O–H groups in total. The van der Waals surface area contributed by atoms with Crippen LogP contribution in [-0.4, -0.2) is 12.0 Å². The van der Waals surface area contributed by atoms with E-state index >= 15 is 0 Å². The van der Waals surface area contributed by atoms with Gasteiger partial charge in [0.2, 0.25) is 0 Å². The van der Waals surface area contributed by atoms with Crippen molar-refractivity contribution in [1.29, 1.82) is 0 Å². The van der Waals surface area contributed by atoms with Crippen LogP contribution in [0.1, 0.15) is 20.3 Å². The Morgan fingerprint density at radius 3 is 2.53 bits per heavy atom. The Labute approximate surface area is 86.7 Å². The van der Waals surface area contributed by atoms with Gasteiger partial charge in [0.1, 0.15) is 5.78 Å². The van der Waals surface area contributed by atoms with Crippen LogP contribution >= 0.6 is 0 Å². The van der Waals surface area contributed by atoms with Crippen LogP contribution in [0.25, 0.3) is 0 Å². The predicted octanol–water partition coefficient (Wildman–Crippen LogP) is 3.28. The van der Waals surface area contributed by atoms with Gasteiger partial charge >= 0.3 is 6.18 Å². The molecule has 0 aromatic carbocycles. The minimum atomic E-state index is -4.29. The second-order valence-electron chi connectivity index (χ2n) is 3.86. The van der Waals surface area contributed by atoms with Crippen LogP contribution < -0.4 is 0 Å². The van der Waals surface area contributed by atoms with Crippen LogP contribution in [0, 0.1) is 11.8 Å². The molecule has 0 amide bonds. The van der Waals surface area contributed by atoms with Crippen molar-refractivity contribution < 1.29 is 18.0 Å². The third kappa shape index (κ3) is 2.94. The first-order valence-electron chi connectivity index (χ1n) is 4.77. The smallest absolute Gasteiger partial charge is 0.300 e. The molecule has 15 heavy (non-hydrogen) atoms. The van der Waals surface area contributed by atoms with Crippen molar-refractivity contribution in [3.05, 3.63) is 23.8 Å². The fourth-order valence-corrected chi connectivity index (χ4v) is 1.78. The molecule has 2 atom stereocenters. The van der Waals surface area contributed by atoms with Crippen LogP contribution in [0.5, 0.6) is 0 Å². The Morgan fingerprint density at radius 2 is 2.07 bits per heavy atom. The van der Waals surface area contributed by atoms with Crippen LogP contribution in [0.3, 0.4) is 0 Å². The summed E-state index contributed by atoms with van der Waals surface area (Å²) < 4.78 is 37.5. The molecular formula is C11H13F3O. The first kappa shape index (κ1) is 12.0. The summed E-state index contributed by atoms with van der Waals surface area (Å²) in [7, 11) is 0. The first-order chi connectivity index (χ1) is 6.82. The Hall–Kier alpha value is -1.06. The van der Waals surface area contributed by atoms with Crippen molar-refractivity contribution in [3.8, 4) is 0 Å². The molecular weight excluding hydrogens is 205 g/mol. The van der Waals surface area contributed by atoms with E-state index in [1.165, 1.54) is 19.9 Å². The number of carbonyl (C=O) groups is 1. The molecule has 0 bridgehead atoms. The largest absolute Gasteiger partial charge is 0.412 e. The van der Waals surface area contributed by atoms with Crippen molar-refractivity contribution >= 4 is 5.78 Å². The molecule has 0 aromatic heterocycles. The van der Waals surface area contributed by atoms with Gasteiger partial charge in [0.05, 0.1) is 0 Å². The molecule has 0 saturated carbocycles. The second kappa shape index (κ2) is 4.21. The summed E-state index contributed by atoms with van der Waals surface area (Å²) in [5, 5.41) is 0. The number of ketones is 1. The first-order valence-corrected chi connectivity index (χ1v) is 4.77. The maximum absolute atomic E-state index is 12.5. The molecule has 1 nitrogen and oxygen atoms in total. The van der Waals surface area contributed by atoms with Gasteiger partial charge in [0.15, 0.2) is 0 Å². The lowest BCUT2D eigenvalue weighted by Crippen LogP contribution is -2.26. The number of Topliss-reactive ketones (excluding diaryl/α,β-unsaturated/α-hetero) is 1. The molecule has 0 radical (unpaired) electrons. The van der Waals surface area contributed by atoms with E-state index in [4.69, 9.17) is 0 Å². The zero-order valence-electron chi connectivity index (χ0n) is 8.64. The zero-order chi connectivity index (χ0) is 11.6. The lowest BCUT2D eigenvalue weighted by Gasteiger charge is -2.27. The highest BCUT2D eigenvalue weighted by Crippen LogP contribution is 2.38. The molecule has 0 aliphatic heterocycles. The van der Waals surface area contributed by atoms with Gasteiger partial charge in [-0.1, -0.05) is 25.2 Å². The molecule has 0 heterocycles. The predicted molar refractivity (Wildman–Crippen MR) is 51.2 cm³/mol. The summed E-state index contributed by atoms with van der Waals surface area (Å²) in [6, 6.07) is 0. The van der Waals surface area contributed by atoms with Gasteiger partial charge < -0.3 is 4.79 Å². The third-order valence-electron chi connectivity index (χ3n) is 2.62. The van der Waals surface area contributed by atoms with Crippen LogP contribution in [-0.2, 0) is 4.79 Å². The highest BCUT2D eigenvalue weighted by Gasteiger charge is 2.39. The summed E-state index contributed by atoms with van der Waals surface area (Å²) in [5.41, 5.74) is -0.545. The quantitative estimate of drug-likeness (QED) is 0.695. The second-order valence-corrected chi connectivity index (χ2v) is 3.86. The Bertz CT molecular complexity index is 312. The van der Waals surface area contributed by atoms with Gasteiger partial charge in [0, 0.05) is 12.0 Å². The highest BCUT2D eigenvalue weighted by molar-refractivity contribution is 5.76. The van der Waals surface area contributed by atoms with E-state index < -0.39 is 17.7 Å².